The molecule has 2 amide bonds. The van der Waals surface area contributed by atoms with Crippen molar-refractivity contribution in [3.63, 3.8) is 0 Å². The van der Waals surface area contributed by atoms with Crippen molar-refractivity contribution in [2.75, 3.05) is 0 Å². The third kappa shape index (κ3) is 5.69. The molecule has 6 nitrogen and oxygen atoms in total. The van der Waals surface area contributed by atoms with Crippen molar-refractivity contribution in [3.05, 3.63) is 144 Å². The summed E-state index contributed by atoms with van der Waals surface area (Å²) in [6, 6.07) is 36.4. The van der Waals surface area contributed by atoms with Crippen LogP contribution < -0.4 is 10.9 Å². The molecule has 0 aromatic heterocycles. The normalized spacial score (nSPS) is 11.5. The fraction of sp³-hybridized carbons (Fsp3) is 0. The van der Waals surface area contributed by atoms with E-state index < -0.39 is 0 Å². The first kappa shape index (κ1) is 22.4. The molecule has 4 aromatic rings. The summed E-state index contributed by atoms with van der Waals surface area (Å²) in [5, 5.41) is 8.87. The van der Waals surface area contributed by atoms with Crippen molar-refractivity contribution >= 4 is 23.2 Å². The number of nitrogens with zero attached hydrogens (tertiary/aromatic N) is 2. The van der Waals surface area contributed by atoms with E-state index in [4.69, 9.17) is 0 Å². The van der Waals surface area contributed by atoms with Gasteiger partial charge in [-0.25, -0.2) is 10.9 Å². The van der Waals surface area contributed by atoms with E-state index in [0.717, 1.165) is 11.1 Å². The number of carbonyl (C=O) groups is 2. The van der Waals surface area contributed by atoms with Crippen LogP contribution in [0.25, 0.3) is 0 Å². The number of rotatable bonds is 7. The van der Waals surface area contributed by atoms with Gasteiger partial charge in [0.15, 0.2) is 0 Å². The summed E-state index contributed by atoms with van der Waals surface area (Å²) in [4.78, 5) is 25.3. The van der Waals surface area contributed by atoms with Gasteiger partial charge < -0.3 is 0 Å². The van der Waals surface area contributed by atoms with Gasteiger partial charge in [0.1, 0.15) is 11.4 Å². The quantitative estimate of drug-likeness (QED) is 0.320. The molecule has 166 valence electrons. The summed E-state index contributed by atoms with van der Waals surface area (Å²) in [7, 11) is 0. The minimum atomic E-state index is -0.352. The molecule has 4 rings (SSSR count). The maximum Gasteiger partial charge on any atom is 0.271 e. The highest BCUT2D eigenvalue weighted by Crippen LogP contribution is 2.11. The molecule has 0 bridgehead atoms. The molecule has 34 heavy (non-hydrogen) atoms. The molecule has 0 saturated carbocycles. The predicted molar refractivity (Wildman–Crippen MR) is 134 cm³/mol. The lowest BCUT2D eigenvalue weighted by Gasteiger charge is -2.12. The van der Waals surface area contributed by atoms with Crippen molar-refractivity contribution in [1.29, 1.82) is 0 Å². The topological polar surface area (TPSA) is 82.9 Å². The first-order chi connectivity index (χ1) is 16.7. The lowest BCUT2D eigenvalue weighted by Crippen LogP contribution is -2.28. The number of nitrogens with one attached hydrogen (secondary N) is 2. The second kappa shape index (κ2) is 11.2. The molecule has 0 aliphatic rings. The van der Waals surface area contributed by atoms with Gasteiger partial charge in [-0.3, -0.25) is 9.59 Å². The minimum Gasteiger partial charge on any atom is -0.267 e. The largest absolute Gasteiger partial charge is 0.271 e. The van der Waals surface area contributed by atoms with Crippen LogP contribution in [-0.4, -0.2) is 23.2 Å². The Balaban J connectivity index is 1.73. The van der Waals surface area contributed by atoms with Crippen LogP contribution in [0.2, 0.25) is 0 Å². The summed E-state index contributed by atoms with van der Waals surface area (Å²) >= 11 is 0. The number of hydrogen-bond acceptors (Lipinski definition) is 4. The summed E-state index contributed by atoms with van der Waals surface area (Å²) in [5.41, 5.74) is 8.48. The van der Waals surface area contributed by atoms with E-state index in [0.29, 0.717) is 22.6 Å². The van der Waals surface area contributed by atoms with Crippen molar-refractivity contribution < 1.29 is 9.59 Å². The lowest BCUT2D eigenvalue weighted by atomic mass is 10.00. The van der Waals surface area contributed by atoms with Gasteiger partial charge in [-0.1, -0.05) is 97.1 Å². The molecule has 0 unspecified atom stereocenters. The zero-order valence-corrected chi connectivity index (χ0v) is 18.3. The second-order valence-corrected chi connectivity index (χ2v) is 7.27. The van der Waals surface area contributed by atoms with Crippen LogP contribution in [0.1, 0.15) is 31.8 Å². The Labute approximate surface area is 197 Å². The highest BCUT2D eigenvalue weighted by atomic mass is 16.2. The SMILES string of the molecule is O=C(N/N=C(\C(=N/NC(=O)c1ccccc1)c1ccccc1)c1ccccc1)c1ccccc1. The maximum atomic E-state index is 12.7. The van der Waals surface area contributed by atoms with Crippen LogP contribution in [0.3, 0.4) is 0 Å². The predicted octanol–water partition coefficient (Wildman–Crippen LogP) is 4.66. The number of hydrazone groups is 2. The van der Waals surface area contributed by atoms with Gasteiger partial charge >= 0.3 is 0 Å². The van der Waals surface area contributed by atoms with Crippen LogP contribution in [0.4, 0.5) is 0 Å². The van der Waals surface area contributed by atoms with Gasteiger partial charge in [-0.15, -0.1) is 0 Å². The molecular formula is C28H22N4O2. The van der Waals surface area contributed by atoms with Gasteiger partial charge in [-0.05, 0) is 24.3 Å². The van der Waals surface area contributed by atoms with E-state index >= 15 is 0 Å². The highest BCUT2D eigenvalue weighted by molar-refractivity contribution is 6.53. The van der Waals surface area contributed by atoms with Gasteiger partial charge in [0, 0.05) is 22.3 Å². The smallest absolute Gasteiger partial charge is 0.267 e. The van der Waals surface area contributed by atoms with Crippen LogP contribution in [0.5, 0.6) is 0 Å². The van der Waals surface area contributed by atoms with E-state index in [2.05, 4.69) is 21.1 Å². The minimum absolute atomic E-state index is 0.352. The van der Waals surface area contributed by atoms with Gasteiger partial charge in [0.05, 0.1) is 0 Å². The Morgan fingerprint density at radius 1 is 0.412 bits per heavy atom. The summed E-state index contributed by atoms with van der Waals surface area (Å²) < 4.78 is 0. The molecule has 0 spiro atoms. The zero-order chi connectivity index (χ0) is 23.6. The standard InChI is InChI=1S/C28H22N4O2/c33-27(23-17-9-3-10-18-23)31-29-25(21-13-5-1-6-14-21)26(22-15-7-2-8-16-22)30-32-28(34)24-19-11-4-12-20-24/h1-20H,(H,31,33)(H,32,34)/b29-25-,30-26-. The average Bonchev–Trinajstić information content (AvgIpc) is 2.92. The monoisotopic (exact) mass is 446 g/mol. The molecule has 0 aliphatic heterocycles. The van der Waals surface area contributed by atoms with Gasteiger partial charge in [0.25, 0.3) is 11.8 Å². The molecule has 6 heteroatoms. The Morgan fingerprint density at radius 3 is 0.971 bits per heavy atom. The van der Waals surface area contributed by atoms with Crippen LogP contribution in [0, 0.1) is 0 Å². The Morgan fingerprint density at radius 2 is 0.676 bits per heavy atom. The summed E-state index contributed by atoms with van der Waals surface area (Å²) in [6.07, 6.45) is 0. The van der Waals surface area contributed by atoms with Crippen LogP contribution >= 0.6 is 0 Å². The van der Waals surface area contributed by atoms with E-state index in [-0.39, 0.29) is 11.8 Å². The van der Waals surface area contributed by atoms with E-state index in [1.807, 2.05) is 72.8 Å². The average molecular weight is 447 g/mol. The van der Waals surface area contributed by atoms with Crippen molar-refractivity contribution in [2.45, 2.75) is 0 Å². The molecular weight excluding hydrogens is 424 g/mol. The van der Waals surface area contributed by atoms with Crippen LogP contribution in [-0.2, 0) is 0 Å². The molecule has 0 heterocycles. The maximum absolute atomic E-state index is 12.7. The van der Waals surface area contributed by atoms with Gasteiger partial charge in [-0.2, -0.15) is 10.2 Å². The third-order valence-corrected chi connectivity index (χ3v) is 4.93. The molecule has 0 radical (unpaired) electrons. The molecule has 4 aromatic carbocycles. The van der Waals surface area contributed by atoms with E-state index in [1.54, 1.807) is 48.5 Å². The Hall–Kier alpha value is -4.84. The number of carbonyl (C=O) groups excluding carboxylic acids is 2. The molecule has 0 aliphatic carbocycles. The van der Waals surface area contributed by atoms with Crippen molar-refractivity contribution in [3.8, 4) is 0 Å². The fourth-order valence-corrected chi connectivity index (χ4v) is 3.22. The number of benzene rings is 4. The highest BCUT2D eigenvalue weighted by Gasteiger charge is 2.17. The van der Waals surface area contributed by atoms with E-state index in [1.165, 1.54) is 0 Å². The Kier molecular flexibility index (Phi) is 7.33. The van der Waals surface area contributed by atoms with E-state index in [9.17, 15) is 9.59 Å². The fourth-order valence-electron chi connectivity index (χ4n) is 3.22. The van der Waals surface area contributed by atoms with Gasteiger partial charge in [0.2, 0.25) is 0 Å². The molecule has 2 N–H and O–H groups in total. The first-order valence-corrected chi connectivity index (χ1v) is 10.7. The van der Waals surface area contributed by atoms with Crippen molar-refractivity contribution in [1.82, 2.24) is 10.9 Å². The van der Waals surface area contributed by atoms with Crippen molar-refractivity contribution in [2.24, 2.45) is 10.2 Å². The Bertz CT molecular complexity index is 1200. The third-order valence-electron chi connectivity index (χ3n) is 4.93. The summed E-state index contributed by atoms with van der Waals surface area (Å²) in [5.74, 6) is -0.704. The summed E-state index contributed by atoms with van der Waals surface area (Å²) in [6.45, 7) is 0. The number of amides is 2. The van der Waals surface area contributed by atoms with Crippen LogP contribution in [0.15, 0.2) is 132 Å². The second-order valence-electron chi connectivity index (χ2n) is 7.27. The molecule has 0 saturated heterocycles. The number of hydrogen-bond donors (Lipinski definition) is 2. The zero-order valence-electron chi connectivity index (χ0n) is 18.3. The first-order valence-electron chi connectivity index (χ1n) is 10.7. The molecule has 0 fully saturated rings. The molecule has 0 atom stereocenters. The lowest BCUT2D eigenvalue weighted by molar-refractivity contribution is 0.0946.